The summed E-state index contributed by atoms with van der Waals surface area (Å²) in [5, 5.41) is 7.62. The number of anilines is 2. The second kappa shape index (κ2) is 5.18. The fraction of sp³-hybridized carbons (Fsp3) is 0.364. The summed E-state index contributed by atoms with van der Waals surface area (Å²) in [6.07, 6.45) is 0.451. The summed E-state index contributed by atoms with van der Waals surface area (Å²) in [6.45, 7) is 3.99. The fourth-order valence-electron chi connectivity index (χ4n) is 1.45. The molecular formula is C11H14N4O2S. The molecule has 2 rings (SSSR count). The van der Waals surface area contributed by atoms with Crippen molar-refractivity contribution in [1.29, 1.82) is 0 Å². The molecule has 0 aliphatic heterocycles. The van der Waals surface area contributed by atoms with Crippen molar-refractivity contribution < 1.29 is 9.32 Å². The van der Waals surface area contributed by atoms with Crippen LogP contribution in [-0.4, -0.2) is 15.9 Å². The SMILES string of the molecule is CCC(=O)c1sc(NCc2nc(C)no2)cc1N. The van der Waals surface area contributed by atoms with Crippen LogP contribution in [0, 0.1) is 6.92 Å². The van der Waals surface area contributed by atoms with Crippen molar-refractivity contribution in [1.82, 2.24) is 10.1 Å². The van der Waals surface area contributed by atoms with Crippen LogP contribution in [0.2, 0.25) is 0 Å². The highest BCUT2D eigenvalue weighted by Gasteiger charge is 2.13. The Morgan fingerprint density at radius 2 is 2.39 bits per heavy atom. The van der Waals surface area contributed by atoms with Gasteiger partial charge in [-0.2, -0.15) is 4.98 Å². The fourth-order valence-corrected chi connectivity index (χ4v) is 2.43. The number of nitrogen functional groups attached to an aromatic ring is 1. The molecule has 0 atom stereocenters. The van der Waals surface area contributed by atoms with Crippen LogP contribution in [0.25, 0.3) is 0 Å². The van der Waals surface area contributed by atoms with Gasteiger partial charge in [-0.1, -0.05) is 12.1 Å². The maximum Gasteiger partial charge on any atom is 0.245 e. The molecule has 0 unspecified atom stereocenters. The number of Topliss-reactive ketones (excluding diaryl/α,β-unsaturated/α-hetero) is 1. The standard InChI is InChI=1S/C11H14N4O2S/c1-3-8(16)11-7(12)4-10(18-11)13-5-9-14-6(2)15-17-9/h4,13H,3,5,12H2,1-2H3. The third kappa shape index (κ3) is 2.67. The quantitative estimate of drug-likeness (QED) is 0.806. The zero-order chi connectivity index (χ0) is 13.1. The molecule has 0 saturated carbocycles. The second-order valence-corrected chi connectivity index (χ2v) is 4.81. The van der Waals surface area contributed by atoms with E-state index in [9.17, 15) is 4.79 Å². The van der Waals surface area contributed by atoms with Crippen molar-refractivity contribution in [2.75, 3.05) is 11.1 Å². The maximum absolute atomic E-state index is 11.6. The summed E-state index contributed by atoms with van der Waals surface area (Å²) >= 11 is 1.34. The van der Waals surface area contributed by atoms with Crippen LogP contribution in [0.5, 0.6) is 0 Å². The van der Waals surface area contributed by atoms with Gasteiger partial charge in [0.2, 0.25) is 5.89 Å². The lowest BCUT2D eigenvalue weighted by atomic mass is 10.2. The number of carbonyl (C=O) groups excluding carboxylic acids is 1. The van der Waals surface area contributed by atoms with Gasteiger partial charge in [-0.15, -0.1) is 11.3 Å². The lowest BCUT2D eigenvalue weighted by molar-refractivity contribution is 0.0993. The van der Waals surface area contributed by atoms with Gasteiger partial charge in [-0.25, -0.2) is 0 Å². The molecule has 3 N–H and O–H groups in total. The molecule has 0 radical (unpaired) electrons. The summed E-state index contributed by atoms with van der Waals surface area (Å²) in [5.41, 5.74) is 6.30. The third-order valence-electron chi connectivity index (χ3n) is 2.32. The Kier molecular flexibility index (Phi) is 3.61. The highest BCUT2D eigenvalue weighted by atomic mass is 32.1. The van der Waals surface area contributed by atoms with Crippen molar-refractivity contribution >= 4 is 27.8 Å². The van der Waals surface area contributed by atoms with E-state index in [0.29, 0.717) is 35.2 Å². The first-order chi connectivity index (χ1) is 8.60. The van der Waals surface area contributed by atoms with Crippen molar-refractivity contribution in [3.63, 3.8) is 0 Å². The second-order valence-electron chi connectivity index (χ2n) is 3.76. The van der Waals surface area contributed by atoms with Gasteiger partial charge in [-0.05, 0) is 13.0 Å². The number of nitrogens with one attached hydrogen (secondary N) is 1. The Morgan fingerprint density at radius 1 is 1.61 bits per heavy atom. The molecule has 0 saturated heterocycles. The Balaban J connectivity index is 2.04. The van der Waals surface area contributed by atoms with Crippen LogP contribution in [0.3, 0.4) is 0 Å². The number of rotatable bonds is 5. The smallest absolute Gasteiger partial charge is 0.245 e. The number of hydrogen-bond donors (Lipinski definition) is 2. The zero-order valence-electron chi connectivity index (χ0n) is 10.2. The molecule has 0 aliphatic rings. The molecule has 0 bridgehead atoms. The monoisotopic (exact) mass is 266 g/mol. The molecule has 96 valence electrons. The molecule has 2 heterocycles. The molecule has 2 aromatic heterocycles. The van der Waals surface area contributed by atoms with Gasteiger partial charge >= 0.3 is 0 Å². The minimum Gasteiger partial charge on any atom is -0.397 e. The van der Waals surface area contributed by atoms with Crippen LogP contribution in [0.1, 0.15) is 34.7 Å². The maximum atomic E-state index is 11.6. The van der Waals surface area contributed by atoms with Gasteiger partial charge in [0.15, 0.2) is 11.6 Å². The summed E-state index contributed by atoms with van der Waals surface area (Å²) < 4.78 is 4.97. The molecule has 0 spiro atoms. The average molecular weight is 266 g/mol. The highest BCUT2D eigenvalue weighted by Crippen LogP contribution is 2.30. The van der Waals surface area contributed by atoms with E-state index in [1.165, 1.54) is 11.3 Å². The molecule has 0 amide bonds. The van der Waals surface area contributed by atoms with E-state index in [2.05, 4.69) is 15.5 Å². The van der Waals surface area contributed by atoms with Crippen LogP contribution < -0.4 is 11.1 Å². The van der Waals surface area contributed by atoms with Crippen molar-refractivity contribution in [2.45, 2.75) is 26.8 Å². The number of aryl methyl sites for hydroxylation is 1. The third-order valence-corrected chi connectivity index (χ3v) is 3.47. The Morgan fingerprint density at radius 3 is 3.00 bits per heavy atom. The van der Waals surface area contributed by atoms with Crippen LogP contribution in [0.15, 0.2) is 10.6 Å². The number of thiophene rings is 1. The van der Waals surface area contributed by atoms with Crippen molar-refractivity contribution in [2.24, 2.45) is 0 Å². The lowest BCUT2D eigenvalue weighted by Crippen LogP contribution is -1.97. The van der Waals surface area contributed by atoms with Gasteiger partial charge < -0.3 is 15.6 Å². The van der Waals surface area contributed by atoms with Crippen molar-refractivity contribution in [3.8, 4) is 0 Å². The number of nitrogens with two attached hydrogens (primary N) is 1. The van der Waals surface area contributed by atoms with Crippen LogP contribution in [0.4, 0.5) is 10.7 Å². The van der Waals surface area contributed by atoms with Gasteiger partial charge in [0.1, 0.15) is 0 Å². The summed E-state index contributed by atoms with van der Waals surface area (Å²) in [6, 6.07) is 1.75. The Hall–Kier alpha value is -1.89. The van der Waals surface area contributed by atoms with E-state index in [1.54, 1.807) is 13.0 Å². The van der Waals surface area contributed by atoms with E-state index in [1.807, 2.05) is 6.92 Å². The largest absolute Gasteiger partial charge is 0.397 e. The van der Waals surface area contributed by atoms with Gasteiger partial charge in [-0.3, -0.25) is 4.79 Å². The normalized spacial score (nSPS) is 10.6. The Bertz CT molecular complexity index is 561. The van der Waals surface area contributed by atoms with E-state index in [-0.39, 0.29) is 5.78 Å². The van der Waals surface area contributed by atoms with Gasteiger partial charge in [0.25, 0.3) is 0 Å². The molecule has 0 fully saturated rings. The number of aromatic nitrogens is 2. The zero-order valence-corrected chi connectivity index (χ0v) is 11.0. The first-order valence-corrected chi connectivity index (χ1v) is 6.37. The average Bonchev–Trinajstić information content (AvgIpc) is 2.92. The molecule has 0 aliphatic carbocycles. The summed E-state index contributed by atoms with van der Waals surface area (Å²) in [4.78, 5) is 16.3. The Labute approximate surface area is 108 Å². The lowest BCUT2D eigenvalue weighted by Gasteiger charge is -1.97. The van der Waals surface area contributed by atoms with Gasteiger partial charge in [0.05, 0.1) is 22.1 Å². The predicted molar refractivity (Wildman–Crippen MR) is 69.7 cm³/mol. The first kappa shape index (κ1) is 12.6. The van der Waals surface area contributed by atoms with Gasteiger partial charge in [0, 0.05) is 6.42 Å². The van der Waals surface area contributed by atoms with Crippen LogP contribution >= 0.6 is 11.3 Å². The van der Waals surface area contributed by atoms with E-state index in [4.69, 9.17) is 10.3 Å². The predicted octanol–water partition coefficient (Wildman–Crippen LogP) is 2.23. The van der Waals surface area contributed by atoms with E-state index in [0.717, 1.165) is 5.00 Å². The number of nitrogens with zero attached hydrogens (tertiary/aromatic N) is 2. The summed E-state index contributed by atoms with van der Waals surface area (Å²) in [5.74, 6) is 1.15. The minimum atomic E-state index is 0.0548. The highest BCUT2D eigenvalue weighted by molar-refractivity contribution is 7.18. The topological polar surface area (TPSA) is 94.0 Å². The molecule has 2 aromatic rings. The van der Waals surface area contributed by atoms with E-state index < -0.39 is 0 Å². The number of carbonyl (C=O) groups is 1. The summed E-state index contributed by atoms with van der Waals surface area (Å²) in [7, 11) is 0. The molecule has 7 heteroatoms. The van der Waals surface area contributed by atoms with Crippen molar-refractivity contribution in [3.05, 3.63) is 22.7 Å². The molecule has 0 aromatic carbocycles. The number of ketones is 1. The molecule has 18 heavy (non-hydrogen) atoms. The minimum absolute atomic E-state index is 0.0548. The molecule has 6 nitrogen and oxygen atoms in total. The van der Waals surface area contributed by atoms with E-state index >= 15 is 0 Å². The van der Waals surface area contributed by atoms with Crippen LogP contribution in [-0.2, 0) is 6.54 Å². The molecular weight excluding hydrogens is 252 g/mol. The first-order valence-electron chi connectivity index (χ1n) is 5.55. The number of hydrogen-bond acceptors (Lipinski definition) is 7.